The molecular weight excluding hydrogens is 356 g/mol. The van der Waals surface area contributed by atoms with E-state index in [-0.39, 0.29) is 15.6 Å². The van der Waals surface area contributed by atoms with Crippen LogP contribution in [0.15, 0.2) is 47.9 Å². The van der Waals surface area contributed by atoms with Gasteiger partial charge in [-0.25, -0.2) is 0 Å². The number of benzene rings is 1. The molecule has 118 valence electrons. The smallest absolute Gasteiger partial charge is 0.254 e. The Labute approximate surface area is 138 Å². The monoisotopic (exact) mass is 366 g/mol. The third kappa shape index (κ3) is 4.48. The Morgan fingerprint density at radius 1 is 1.18 bits per heavy atom. The second-order valence-electron chi connectivity index (χ2n) is 4.60. The van der Waals surface area contributed by atoms with E-state index in [0.717, 1.165) is 17.5 Å². The van der Waals surface area contributed by atoms with E-state index in [1.807, 2.05) is 0 Å². The molecule has 0 saturated carbocycles. The Morgan fingerprint density at radius 3 is 2.32 bits per heavy atom. The van der Waals surface area contributed by atoms with Crippen molar-refractivity contribution in [3.63, 3.8) is 0 Å². The van der Waals surface area contributed by atoms with Crippen molar-refractivity contribution in [2.45, 2.75) is 17.8 Å². The highest BCUT2D eigenvalue weighted by Crippen LogP contribution is 2.37. The summed E-state index contributed by atoms with van der Waals surface area (Å²) < 4.78 is 52.0. The van der Waals surface area contributed by atoms with Gasteiger partial charge in [-0.05, 0) is 30.2 Å². The first-order chi connectivity index (χ1) is 10.3. The largest absolute Gasteiger partial charge is 0.417 e. The van der Waals surface area contributed by atoms with E-state index in [9.17, 15) is 17.4 Å². The van der Waals surface area contributed by atoms with Crippen molar-refractivity contribution < 1.29 is 17.4 Å². The molecule has 0 spiro atoms. The number of hydrogen-bond acceptors (Lipinski definition) is 1. The molecule has 0 amide bonds. The van der Waals surface area contributed by atoms with Gasteiger partial charge < -0.3 is 0 Å². The van der Waals surface area contributed by atoms with E-state index in [1.54, 1.807) is 24.3 Å². The molecule has 1 aromatic carbocycles. The predicted molar refractivity (Wildman–Crippen MR) is 85.3 cm³/mol. The highest BCUT2D eigenvalue weighted by molar-refractivity contribution is 7.89. The second-order valence-corrected chi connectivity index (χ2v) is 6.97. The quantitative estimate of drug-likeness (QED) is 0.687. The van der Waals surface area contributed by atoms with Crippen LogP contribution in [0, 0.1) is 0 Å². The third-order valence-corrected chi connectivity index (χ3v) is 4.80. The molecule has 2 unspecified atom stereocenters. The van der Waals surface area contributed by atoms with Crippen LogP contribution in [0.25, 0.3) is 5.57 Å². The number of rotatable bonds is 3. The first-order valence-corrected chi connectivity index (χ1v) is 8.29. The van der Waals surface area contributed by atoms with Crippen molar-refractivity contribution in [1.29, 1.82) is 0 Å². The summed E-state index contributed by atoms with van der Waals surface area (Å²) in [5.74, 6) is 0. The topological polar surface area (TPSA) is 17.1 Å². The van der Waals surface area contributed by atoms with Crippen molar-refractivity contribution in [3.8, 4) is 0 Å². The summed E-state index contributed by atoms with van der Waals surface area (Å²) in [7, 11) is -1.80. The molecule has 7 heteroatoms. The summed E-state index contributed by atoms with van der Waals surface area (Å²) in [6.45, 7) is 0. The number of allylic oxidation sites excluding steroid dienone is 4. The van der Waals surface area contributed by atoms with Crippen molar-refractivity contribution in [3.05, 3.63) is 63.5 Å². The van der Waals surface area contributed by atoms with Crippen LogP contribution in [0.1, 0.15) is 12.0 Å². The maximum atomic E-state index is 13.3. The van der Waals surface area contributed by atoms with Crippen LogP contribution < -0.4 is 0 Å². The molecule has 2 atom stereocenters. The number of alkyl halides is 3. The Balaban J connectivity index is 2.42. The zero-order chi connectivity index (χ0) is 16.3. The lowest BCUT2D eigenvalue weighted by atomic mass is 10.1. The van der Waals surface area contributed by atoms with Gasteiger partial charge in [0.05, 0.1) is 21.6 Å². The molecule has 1 nitrogen and oxygen atoms in total. The number of hydrogen-bond donors (Lipinski definition) is 0. The third-order valence-electron chi connectivity index (χ3n) is 2.95. The van der Waals surface area contributed by atoms with E-state index in [4.69, 9.17) is 23.2 Å². The summed E-state index contributed by atoms with van der Waals surface area (Å²) in [6.07, 6.45) is 2.60. The van der Waals surface area contributed by atoms with Crippen molar-refractivity contribution in [1.82, 2.24) is 0 Å². The van der Waals surface area contributed by atoms with E-state index in [0.29, 0.717) is 6.42 Å². The molecule has 1 aliphatic rings. The summed E-state index contributed by atoms with van der Waals surface area (Å²) in [4.78, 5) is 0. The first-order valence-electron chi connectivity index (χ1n) is 6.25. The van der Waals surface area contributed by atoms with Gasteiger partial charge in [0.2, 0.25) is 0 Å². The maximum Gasteiger partial charge on any atom is 0.417 e. The second kappa shape index (κ2) is 7.02. The van der Waals surface area contributed by atoms with Gasteiger partial charge >= 0.3 is 6.18 Å². The van der Waals surface area contributed by atoms with Gasteiger partial charge in [0, 0.05) is 15.5 Å². The molecule has 0 aromatic heterocycles. The van der Waals surface area contributed by atoms with E-state index in [2.05, 4.69) is 0 Å². The van der Waals surface area contributed by atoms with Crippen LogP contribution in [0.5, 0.6) is 0 Å². The molecule has 22 heavy (non-hydrogen) atoms. The number of halogens is 5. The van der Waals surface area contributed by atoms with Crippen molar-refractivity contribution in [2.75, 3.05) is 0 Å². The molecule has 0 fully saturated rings. The van der Waals surface area contributed by atoms with Crippen LogP contribution in [-0.2, 0) is 10.8 Å². The highest BCUT2D eigenvalue weighted by Gasteiger charge is 2.36. The zero-order valence-electron chi connectivity index (χ0n) is 11.1. The molecule has 0 N–H and O–H groups in total. The Kier molecular flexibility index (Phi) is 5.53. The van der Waals surface area contributed by atoms with Gasteiger partial charge in [-0.3, -0.25) is 4.21 Å². The van der Waals surface area contributed by atoms with Crippen LogP contribution in [0.2, 0.25) is 10.0 Å². The van der Waals surface area contributed by atoms with Crippen molar-refractivity contribution in [2.24, 2.45) is 0 Å². The fraction of sp³-hybridized carbons (Fsp3) is 0.200. The molecule has 0 aliphatic heterocycles. The molecular formula is C15H11Cl2F3OS. The molecule has 1 aliphatic carbocycles. The van der Waals surface area contributed by atoms with Gasteiger partial charge in [-0.15, -0.1) is 0 Å². The molecule has 0 saturated heterocycles. The van der Waals surface area contributed by atoms with E-state index >= 15 is 0 Å². The summed E-state index contributed by atoms with van der Waals surface area (Å²) in [6, 6.07) is 3.65. The SMILES string of the molecule is O=S(/C=C(\c1cc(Cl)cc(Cl)c1)C(F)(F)F)C1C=CC=CC1. The van der Waals surface area contributed by atoms with Gasteiger partial charge in [-0.2, -0.15) is 13.2 Å². The normalized spacial score (nSPS) is 20.2. The van der Waals surface area contributed by atoms with Crippen molar-refractivity contribution >= 4 is 39.6 Å². The molecule has 0 bridgehead atoms. The summed E-state index contributed by atoms with van der Waals surface area (Å²) in [5, 5.41) is 0.431. The molecule has 0 radical (unpaired) electrons. The summed E-state index contributed by atoms with van der Waals surface area (Å²) >= 11 is 11.5. The van der Waals surface area contributed by atoms with Gasteiger partial charge in [-0.1, -0.05) is 47.5 Å². The highest BCUT2D eigenvalue weighted by atomic mass is 35.5. The minimum Gasteiger partial charge on any atom is -0.254 e. The van der Waals surface area contributed by atoms with Crippen LogP contribution in [-0.4, -0.2) is 15.6 Å². The maximum absolute atomic E-state index is 13.3. The minimum atomic E-state index is -4.65. The standard InChI is InChI=1S/C15H11Cl2F3OS/c16-11-6-10(7-12(17)8-11)14(15(18,19)20)9-22(21)13-4-2-1-3-5-13/h1-4,6-9,13H,5H2/b14-9+. The van der Waals surface area contributed by atoms with E-state index < -0.39 is 27.8 Å². The fourth-order valence-corrected chi connectivity index (χ4v) is 3.69. The lowest BCUT2D eigenvalue weighted by Gasteiger charge is -2.15. The average Bonchev–Trinajstić information content (AvgIpc) is 2.43. The fourth-order valence-electron chi connectivity index (χ4n) is 1.94. The molecule has 2 rings (SSSR count). The Morgan fingerprint density at radius 2 is 1.82 bits per heavy atom. The van der Waals surface area contributed by atoms with Gasteiger partial charge in [0.25, 0.3) is 0 Å². The molecule has 1 aromatic rings. The first kappa shape index (κ1) is 17.3. The Bertz CT molecular complexity index is 658. The van der Waals surface area contributed by atoms with Gasteiger partial charge in [0.15, 0.2) is 0 Å². The minimum absolute atomic E-state index is 0.0870. The summed E-state index contributed by atoms with van der Waals surface area (Å²) in [5.41, 5.74) is -1.20. The lowest BCUT2D eigenvalue weighted by molar-refractivity contribution is -0.0687. The van der Waals surface area contributed by atoms with E-state index in [1.165, 1.54) is 6.07 Å². The van der Waals surface area contributed by atoms with Crippen LogP contribution in [0.4, 0.5) is 13.2 Å². The zero-order valence-corrected chi connectivity index (χ0v) is 13.4. The predicted octanol–water partition coefficient (Wildman–Crippen LogP) is 5.53. The average molecular weight is 367 g/mol. The molecule has 0 heterocycles. The van der Waals surface area contributed by atoms with Crippen LogP contribution >= 0.6 is 23.2 Å². The Hall–Kier alpha value is -1.04. The van der Waals surface area contributed by atoms with Gasteiger partial charge in [0.1, 0.15) is 0 Å². The van der Waals surface area contributed by atoms with Crippen LogP contribution in [0.3, 0.4) is 0 Å². The lowest BCUT2D eigenvalue weighted by Crippen LogP contribution is -2.16.